The van der Waals surface area contributed by atoms with Crippen molar-refractivity contribution < 1.29 is 23.5 Å². The summed E-state index contributed by atoms with van der Waals surface area (Å²) >= 11 is 0. The van der Waals surface area contributed by atoms with Crippen LogP contribution in [0.3, 0.4) is 0 Å². The van der Waals surface area contributed by atoms with E-state index in [1.54, 1.807) is 6.92 Å². The SMILES string of the molecule is CC(=O)N[C@H]1OC(=O)N(c2ccc(C=O)c(F)c2)C1C. The summed E-state index contributed by atoms with van der Waals surface area (Å²) in [5.74, 6) is -1.06. The van der Waals surface area contributed by atoms with Crippen LogP contribution in [-0.2, 0) is 9.53 Å². The van der Waals surface area contributed by atoms with Crippen LogP contribution in [0.1, 0.15) is 24.2 Å². The molecule has 1 unspecified atom stereocenters. The van der Waals surface area contributed by atoms with Crippen LogP contribution in [0.2, 0.25) is 0 Å². The Hall–Kier alpha value is -2.44. The Morgan fingerprint density at radius 1 is 1.50 bits per heavy atom. The van der Waals surface area contributed by atoms with Gasteiger partial charge in [-0.1, -0.05) is 0 Å². The van der Waals surface area contributed by atoms with Crippen molar-refractivity contribution in [2.75, 3.05) is 4.90 Å². The summed E-state index contributed by atoms with van der Waals surface area (Å²) in [5, 5.41) is 2.49. The van der Waals surface area contributed by atoms with Gasteiger partial charge in [0, 0.05) is 6.92 Å². The zero-order valence-corrected chi connectivity index (χ0v) is 10.9. The highest BCUT2D eigenvalue weighted by Crippen LogP contribution is 2.27. The molecular weight excluding hydrogens is 267 g/mol. The predicted octanol–water partition coefficient (Wildman–Crippen LogP) is 1.45. The van der Waals surface area contributed by atoms with E-state index in [-0.39, 0.29) is 17.2 Å². The van der Waals surface area contributed by atoms with Gasteiger partial charge in [-0.3, -0.25) is 14.5 Å². The number of aldehydes is 1. The van der Waals surface area contributed by atoms with Gasteiger partial charge in [-0.05, 0) is 25.1 Å². The van der Waals surface area contributed by atoms with Gasteiger partial charge in [0.1, 0.15) is 5.82 Å². The fraction of sp³-hybridized carbons (Fsp3) is 0.308. The Kier molecular flexibility index (Phi) is 3.69. The molecule has 0 aromatic heterocycles. The van der Waals surface area contributed by atoms with Crippen molar-refractivity contribution in [2.24, 2.45) is 0 Å². The molecule has 0 radical (unpaired) electrons. The molecule has 1 aliphatic heterocycles. The lowest BCUT2D eigenvalue weighted by molar-refractivity contribution is -0.121. The van der Waals surface area contributed by atoms with E-state index in [1.165, 1.54) is 24.0 Å². The molecule has 0 aliphatic carbocycles. The molecule has 2 amide bonds. The number of nitrogens with one attached hydrogen (secondary N) is 1. The van der Waals surface area contributed by atoms with E-state index in [2.05, 4.69) is 5.32 Å². The average Bonchev–Trinajstić information content (AvgIpc) is 2.63. The van der Waals surface area contributed by atoms with E-state index >= 15 is 0 Å². The number of halogens is 1. The number of hydrogen-bond acceptors (Lipinski definition) is 4. The van der Waals surface area contributed by atoms with Crippen LogP contribution in [0, 0.1) is 5.82 Å². The van der Waals surface area contributed by atoms with Crippen LogP contribution < -0.4 is 10.2 Å². The summed E-state index contributed by atoms with van der Waals surface area (Å²) in [5.41, 5.74) is 0.172. The third kappa shape index (κ3) is 2.47. The smallest absolute Gasteiger partial charge is 0.416 e. The Bertz CT molecular complexity index is 575. The van der Waals surface area contributed by atoms with Crippen molar-refractivity contribution in [1.29, 1.82) is 0 Å². The summed E-state index contributed by atoms with van der Waals surface area (Å²) in [6, 6.07) is 3.31. The van der Waals surface area contributed by atoms with Crippen LogP contribution in [0.15, 0.2) is 18.2 Å². The number of ether oxygens (including phenoxy) is 1. The molecule has 0 saturated carbocycles. The number of rotatable bonds is 3. The molecule has 1 N–H and O–H groups in total. The first-order valence-corrected chi connectivity index (χ1v) is 5.95. The fourth-order valence-corrected chi connectivity index (χ4v) is 2.02. The number of nitrogens with zero attached hydrogens (tertiary/aromatic N) is 1. The van der Waals surface area contributed by atoms with Gasteiger partial charge in [-0.15, -0.1) is 0 Å². The quantitative estimate of drug-likeness (QED) is 0.850. The van der Waals surface area contributed by atoms with Gasteiger partial charge in [0.25, 0.3) is 0 Å². The molecule has 2 atom stereocenters. The summed E-state index contributed by atoms with van der Waals surface area (Å²) < 4.78 is 18.6. The minimum absolute atomic E-state index is 0.0904. The Balaban J connectivity index is 2.28. The van der Waals surface area contributed by atoms with Gasteiger partial charge in [0.2, 0.25) is 5.91 Å². The van der Waals surface area contributed by atoms with Gasteiger partial charge in [-0.2, -0.15) is 0 Å². The van der Waals surface area contributed by atoms with Crippen LogP contribution in [0.4, 0.5) is 14.9 Å². The van der Waals surface area contributed by atoms with Crippen LogP contribution >= 0.6 is 0 Å². The number of amides is 2. The highest BCUT2D eigenvalue weighted by Gasteiger charge is 2.40. The monoisotopic (exact) mass is 280 g/mol. The highest BCUT2D eigenvalue weighted by atomic mass is 19.1. The molecule has 6 nitrogen and oxygen atoms in total. The number of benzene rings is 1. The first-order valence-electron chi connectivity index (χ1n) is 5.95. The molecule has 106 valence electrons. The van der Waals surface area contributed by atoms with Crippen molar-refractivity contribution in [3.8, 4) is 0 Å². The molecule has 1 fully saturated rings. The zero-order chi connectivity index (χ0) is 14.9. The maximum atomic E-state index is 13.6. The van der Waals surface area contributed by atoms with Crippen LogP contribution in [0.5, 0.6) is 0 Å². The molecular formula is C13H13FN2O4. The Morgan fingerprint density at radius 3 is 2.75 bits per heavy atom. The maximum absolute atomic E-state index is 13.6. The molecule has 0 bridgehead atoms. The molecule has 1 aromatic rings. The second kappa shape index (κ2) is 5.28. The molecule has 1 saturated heterocycles. The topological polar surface area (TPSA) is 75.7 Å². The summed E-state index contributed by atoms with van der Waals surface area (Å²) in [6.07, 6.45) is -1.09. The lowest BCUT2D eigenvalue weighted by Gasteiger charge is -2.21. The van der Waals surface area contributed by atoms with Crippen LogP contribution in [0.25, 0.3) is 0 Å². The van der Waals surface area contributed by atoms with E-state index in [1.807, 2.05) is 0 Å². The number of hydrogen-bond donors (Lipinski definition) is 1. The molecule has 1 aromatic carbocycles. The second-order valence-electron chi connectivity index (χ2n) is 4.44. The number of carbonyl (C=O) groups is 3. The maximum Gasteiger partial charge on any atom is 0.416 e. The van der Waals surface area contributed by atoms with E-state index in [0.717, 1.165) is 6.07 Å². The van der Waals surface area contributed by atoms with Crippen LogP contribution in [-0.4, -0.2) is 30.6 Å². The molecule has 7 heteroatoms. The molecule has 1 aliphatic rings. The molecule has 2 rings (SSSR count). The zero-order valence-electron chi connectivity index (χ0n) is 10.9. The largest absolute Gasteiger partial charge is 0.423 e. The summed E-state index contributed by atoms with van der Waals surface area (Å²) in [4.78, 5) is 34.6. The molecule has 0 spiro atoms. The third-order valence-corrected chi connectivity index (χ3v) is 3.00. The number of cyclic esters (lactones) is 1. The standard InChI is InChI=1S/C13H13FN2O4/c1-7-12(15-8(2)18)20-13(19)16(7)10-4-3-9(6-17)11(14)5-10/h3-7,12H,1-2H3,(H,15,18)/t7?,12-/m0/s1. The Labute approximate surface area is 114 Å². The fourth-order valence-electron chi connectivity index (χ4n) is 2.02. The minimum Gasteiger partial charge on any atom is -0.423 e. The molecule has 20 heavy (non-hydrogen) atoms. The Morgan fingerprint density at radius 2 is 2.20 bits per heavy atom. The van der Waals surface area contributed by atoms with E-state index in [4.69, 9.17) is 4.74 Å². The van der Waals surface area contributed by atoms with E-state index in [9.17, 15) is 18.8 Å². The van der Waals surface area contributed by atoms with Crippen molar-refractivity contribution in [3.63, 3.8) is 0 Å². The summed E-state index contributed by atoms with van der Waals surface area (Å²) in [7, 11) is 0. The lowest BCUT2D eigenvalue weighted by Crippen LogP contribution is -2.43. The minimum atomic E-state index is -0.797. The number of carbonyl (C=O) groups excluding carboxylic acids is 3. The van der Waals surface area contributed by atoms with Gasteiger partial charge >= 0.3 is 6.09 Å². The van der Waals surface area contributed by atoms with Crippen molar-refractivity contribution in [2.45, 2.75) is 26.1 Å². The summed E-state index contributed by atoms with van der Waals surface area (Å²) in [6.45, 7) is 2.97. The van der Waals surface area contributed by atoms with E-state index < -0.39 is 24.2 Å². The van der Waals surface area contributed by atoms with Gasteiger partial charge in [0.15, 0.2) is 12.5 Å². The molecule has 1 heterocycles. The first kappa shape index (κ1) is 14.0. The first-order chi connectivity index (χ1) is 9.43. The normalized spacial score (nSPS) is 21.6. The third-order valence-electron chi connectivity index (χ3n) is 3.00. The van der Waals surface area contributed by atoms with E-state index in [0.29, 0.717) is 6.29 Å². The van der Waals surface area contributed by atoms with Crippen molar-refractivity contribution in [3.05, 3.63) is 29.6 Å². The lowest BCUT2D eigenvalue weighted by atomic mass is 10.1. The second-order valence-corrected chi connectivity index (χ2v) is 4.44. The highest BCUT2D eigenvalue weighted by molar-refractivity contribution is 5.91. The predicted molar refractivity (Wildman–Crippen MR) is 67.8 cm³/mol. The van der Waals surface area contributed by atoms with Gasteiger partial charge in [0.05, 0.1) is 17.3 Å². The van der Waals surface area contributed by atoms with Crippen molar-refractivity contribution >= 4 is 24.0 Å². The average molecular weight is 280 g/mol. The van der Waals surface area contributed by atoms with Gasteiger partial charge < -0.3 is 10.1 Å². The van der Waals surface area contributed by atoms with Crippen molar-refractivity contribution in [1.82, 2.24) is 5.32 Å². The number of anilines is 1. The van der Waals surface area contributed by atoms with Gasteiger partial charge in [-0.25, -0.2) is 9.18 Å².